The van der Waals surface area contributed by atoms with Gasteiger partial charge >= 0.3 is 0 Å². The summed E-state index contributed by atoms with van der Waals surface area (Å²) in [6.07, 6.45) is 1.46. The van der Waals surface area contributed by atoms with Gasteiger partial charge in [-0.25, -0.2) is 5.43 Å². The maximum absolute atomic E-state index is 12.1. The minimum absolute atomic E-state index is 0.0494. The predicted molar refractivity (Wildman–Crippen MR) is 93.9 cm³/mol. The Bertz CT molecular complexity index is 774. The van der Waals surface area contributed by atoms with Crippen molar-refractivity contribution in [3.8, 4) is 23.0 Å². The third-order valence-electron chi connectivity index (χ3n) is 3.31. The molecular formula is C18H20N2O5. The van der Waals surface area contributed by atoms with Gasteiger partial charge in [-0.05, 0) is 48.9 Å². The SMILES string of the molecule is CCOc1cc(/C=N/NC(=O)c2ccc(OC)c(OC)c2)ccc1O. The molecule has 0 bridgehead atoms. The number of carbonyl (C=O) groups excluding carboxylic acids is 1. The van der Waals surface area contributed by atoms with E-state index in [1.165, 1.54) is 26.5 Å². The van der Waals surface area contributed by atoms with Crippen LogP contribution in [0.1, 0.15) is 22.8 Å². The zero-order valence-corrected chi connectivity index (χ0v) is 14.3. The number of aromatic hydroxyl groups is 1. The Balaban J connectivity index is 2.06. The number of phenols is 1. The number of ether oxygens (including phenoxy) is 3. The molecule has 0 aromatic heterocycles. The molecule has 132 valence electrons. The summed E-state index contributed by atoms with van der Waals surface area (Å²) in [6, 6.07) is 9.61. The van der Waals surface area contributed by atoms with Crippen LogP contribution in [0.15, 0.2) is 41.5 Å². The average Bonchev–Trinajstić information content (AvgIpc) is 2.63. The van der Waals surface area contributed by atoms with Crippen molar-refractivity contribution in [2.45, 2.75) is 6.92 Å². The van der Waals surface area contributed by atoms with Crippen LogP contribution < -0.4 is 19.6 Å². The fourth-order valence-corrected chi connectivity index (χ4v) is 2.09. The molecule has 1 amide bonds. The van der Waals surface area contributed by atoms with Crippen molar-refractivity contribution >= 4 is 12.1 Å². The zero-order valence-electron chi connectivity index (χ0n) is 14.3. The lowest BCUT2D eigenvalue weighted by atomic mass is 10.2. The number of rotatable bonds is 7. The van der Waals surface area contributed by atoms with Gasteiger partial charge in [0.2, 0.25) is 0 Å². The molecule has 0 aliphatic rings. The highest BCUT2D eigenvalue weighted by molar-refractivity contribution is 5.95. The molecule has 2 N–H and O–H groups in total. The van der Waals surface area contributed by atoms with Crippen LogP contribution in [0, 0.1) is 0 Å². The second kappa shape index (κ2) is 8.58. The van der Waals surface area contributed by atoms with Crippen LogP contribution in [0.5, 0.6) is 23.0 Å². The lowest BCUT2D eigenvalue weighted by Gasteiger charge is -2.08. The van der Waals surface area contributed by atoms with E-state index in [1.54, 1.807) is 30.3 Å². The molecule has 2 rings (SSSR count). The summed E-state index contributed by atoms with van der Waals surface area (Å²) in [6.45, 7) is 2.26. The molecule has 0 unspecified atom stereocenters. The molecule has 0 fully saturated rings. The van der Waals surface area contributed by atoms with Gasteiger partial charge in [0, 0.05) is 5.56 Å². The Kier molecular flexibility index (Phi) is 6.22. The lowest BCUT2D eigenvalue weighted by molar-refractivity contribution is 0.0954. The van der Waals surface area contributed by atoms with Crippen molar-refractivity contribution in [1.29, 1.82) is 0 Å². The van der Waals surface area contributed by atoms with Gasteiger partial charge in [-0.15, -0.1) is 0 Å². The summed E-state index contributed by atoms with van der Waals surface area (Å²) >= 11 is 0. The van der Waals surface area contributed by atoms with Crippen LogP contribution in [-0.2, 0) is 0 Å². The van der Waals surface area contributed by atoms with Crippen LogP contribution in [0.2, 0.25) is 0 Å². The normalized spacial score (nSPS) is 10.5. The summed E-state index contributed by atoms with van der Waals surface area (Å²) in [5.41, 5.74) is 3.49. The van der Waals surface area contributed by atoms with Gasteiger partial charge in [0.25, 0.3) is 5.91 Å². The first-order chi connectivity index (χ1) is 12.1. The van der Waals surface area contributed by atoms with E-state index in [0.717, 1.165) is 0 Å². The molecule has 0 atom stereocenters. The Morgan fingerprint density at radius 1 is 1.12 bits per heavy atom. The Hall–Kier alpha value is -3.22. The molecule has 7 heteroatoms. The molecule has 0 aliphatic carbocycles. The summed E-state index contributed by atoms with van der Waals surface area (Å²) in [7, 11) is 3.02. The van der Waals surface area contributed by atoms with Crippen molar-refractivity contribution < 1.29 is 24.1 Å². The monoisotopic (exact) mass is 344 g/mol. The number of amides is 1. The maximum atomic E-state index is 12.1. The van der Waals surface area contributed by atoms with Gasteiger partial charge in [0.05, 0.1) is 27.0 Å². The van der Waals surface area contributed by atoms with E-state index < -0.39 is 0 Å². The van der Waals surface area contributed by atoms with Crippen LogP contribution in [0.4, 0.5) is 0 Å². The maximum Gasteiger partial charge on any atom is 0.271 e. The van der Waals surface area contributed by atoms with E-state index in [-0.39, 0.29) is 11.7 Å². The number of nitrogens with one attached hydrogen (secondary N) is 1. The molecule has 0 radical (unpaired) electrons. The van der Waals surface area contributed by atoms with E-state index in [2.05, 4.69) is 10.5 Å². The van der Waals surface area contributed by atoms with Gasteiger partial charge < -0.3 is 19.3 Å². The van der Waals surface area contributed by atoms with Crippen LogP contribution in [0.25, 0.3) is 0 Å². The quantitative estimate of drug-likeness (QED) is 0.595. The highest BCUT2D eigenvalue weighted by Gasteiger charge is 2.10. The molecule has 0 saturated heterocycles. The predicted octanol–water partition coefficient (Wildman–Crippen LogP) is 2.57. The zero-order chi connectivity index (χ0) is 18.2. The number of benzene rings is 2. The Labute approximate surface area is 145 Å². The smallest absolute Gasteiger partial charge is 0.271 e. The first-order valence-electron chi connectivity index (χ1n) is 7.60. The van der Waals surface area contributed by atoms with Crippen molar-refractivity contribution in [2.75, 3.05) is 20.8 Å². The largest absolute Gasteiger partial charge is 0.504 e. The molecule has 0 saturated carbocycles. The fraction of sp³-hybridized carbons (Fsp3) is 0.222. The molecule has 0 spiro atoms. The first-order valence-corrected chi connectivity index (χ1v) is 7.60. The molecule has 0 heterocycles. The van der Waals surface area contributed by atoms with Crippen LogP contribution in [-0.4, -0.2) is 38.1 Å². The first kappa shape index (κ1) is 18.1. The lowest BCUT2D eigenvalue weighted by Crippen LogP contribution is -2.17. The molecule has 2 aromatic rings. The second-order valence-electron chi connectivity index (χ2n) is 4.93. The number of carbonyl (C=O) groups is 1. The number of hydrogen-bond acceptors (Lipinski definition) is 6. The van der Waals surface area contributed by atoms with Crippen LogP contribution in [0.3, 0.4) is 0 Å². The minimum atomic E-state index is -0.388. The topological polar surface area (TPSA) is 89.4 Å². The number of hydrazone groups is 1. The molecular weight excluding hydrogens is 324 g/mol. The third kappa shape index (κ3) is 4.63. The Morgan fingerprint density at radius 2 is 1.88 bits per heavy atom. The average molecular weight is 344 g/mol. The summed E-state index contributed by atoms with van der Waals surface area (Å²) in [5, 5.41) is 13.6. The van der Waals surface area contributed by atoms with Crippen molar-refractivity contribution in [3.05, 3.63) is 47.5 Å². The van der Waals surface area contributed by atoms with Crippen molar-refractivity contribution in [1.82, 2.24) is 5.43 Å². The number of hydrogen-bond donors (Lipinski definition) is 2. The van der Waals surface area contributed by atoms with Gasteiger partial charge in [-0.1, -0.05) is 0 Å². The highest BCUT2D eigenvalue weighted by Crippen LogP contribution is 2.27. The Morgan fingerprint density at radius 3 is 2.56 bits per heavy atom. The second-order valence-corrected chi connectivity index (χ2v) is 4.93. The van der Waals surface area contributed by atoms with Crippen molar-refractivity contribution in [3.63, 3.8) is 0 Å². The van der Waals surface area contributed by atoms with Crippen molar-refractivity contribution in [2.24, 2.45) is 5.10 Å². The standard InChI is InChI=1S/C18H20N2O5/c1-4-25-16-9-12(5-7-14(16)21)11-19-20-18(22)13-6-8-15(23-2)17(10-13)24-3/h5-11,21H,4H2,1-3H3,(H,20,22)/b19-11+. The van der Waals surface area contributed by atoms with E-state index in [4.69, 9.17) is 14.2 Å². The third-order valence-corrected chi connectivity index (χ3v) is 3.31. The number of methoxy groups -OCH3 is 2. The molecule has 25 heavy (non-hydrogen) atoms. The van der Waals surface area contributed by atoms with E-state index in [0.29, 0.717) is 35.0 Å². The number of nitrogens with zero attached hydrogens (tertiary/aromatic N) is 1. The summed E-state index contributed by atoms with van der Waals surface area (Å²) in [5.74, 6) is 1.01. The number of phenolic OH excluding ortho intramolecular Hbond substituents is 1. The summed E-state index contributed by atoms with van der Waals surface area (Å²) in [4.78, 5) is 12.1. The van der Waals surface area contributed by atoms with Gasteiger partial charge in [-0.2, -0.15) is 5.10 Å². The van der Waals surface area contributed by atoms with Gasteiger partial charge in [0.1, 0.15) is 0 Å². The van der Waals surface area contributed by atoms with Crippen LogP contribution >= 0.6 is 0 Å². The van der Waals surface area contributed by atoms with Gasteiger partial charge in [-0.3, -0.25) is 4.79 Å². The minimum Gasteiger partial charge on any atom is -0.504 e. The molecule has 7 nitrogen and oxygen atoms in total. The molecule has 0 aliphatic heterocycles. The summed E-state index contributed by atoms with van der Waals surface area (Å²) < 4.78 is 15.6. The van der Waals surface area contributed by atoms with Gasteiger partial charge in [0.15, 0.2) is 23.0 Å². The highest BCUT2D eigenvalue weighted by atomic mass is 16.5. The van der Waals surface area contributed by atoms with E-state index in [9.17, 15) is 9.90 Å². The van der Waals surface area contributed by atoms with E-state index in [1.807, 2.05) is 6.92 Å². The fourth-order valence-electron chi connectivity index (χ4n) is 2.09. The van der Waals surface area contributed by atoms with E-state index >= 15 is 0 Å². The molecule has 2 aromatic carbocycles.